The average Bonchev–Trinajstić information content (AvgIpc) is 2.92. The van der Waals surface area contributed by atoms with E-state index in [2.05, 4.69) is 0 Å². The van der Waals surface area contributed by atoms with Gasteiger partial charge in [-0.15, -0.1) is 0 Å². The Morgan fingerprint density at radius 3 is 2.73 bits per heavy atom. The number of benzene rings is 2. The van der Waals surface area contributed by atoms with Gasteiger partial charge in [-0.2, -0.15) is 0 Å². The van der Waals surface area contributed by atoms with E-state index < -0.39 is 5.97 Å². The first-order chi connectivity index (χ1) is 10.6. The molecular formula is C17H17NO4. The molecule has 5 nitrogen and oxygen atoms in total. The summed E-state index contributed by atoms with van der Waals surface area (Å²) < 4.78 is 5.30. The topological polar surface area (TPSA) is 59.0 Å². The van der Waals surface area contributed by atoms with Crippen molar-refractivity contribution in [3.63, 3.8) is 0 Å². The van der Waals surface area contributed by atoms with Crippen LogP contribution in [0.2, 0.25) is 0 Å². The summed E-state index contributed by atoms with van der Waals surface area (Å²) in [7, 11) is 0. The SMILES string of the molecule is Cc1c(OCC(=O)O)ccc(N2Cc3ccccc3O2)c1C. The van der Waals surface area contributed by atoms with Crippen molar-refractivity contribution >= 4 is 11.7 Å². The summed E-state index contributed by atoms with van der Waals surface area (Å²) in [4.78, 5) is 16.5. The molecule has 1 N–H and O–H groups in total. The molecule has 22 heavy (non-hydrogen) atoms. The minimum atomic E-state index is -0.987. The van der Waals surface area contributed by atoms with Gasteiger partial charge < -0.3 is 14.7 Å². The number of nitrogens with zero attached hydrogens (tertiary/aromatic N) is 1. The lowest BCUT2D eigenvalue weighted by atomic mass is 10.1. The Morgan fingerprint density at radius 2 is 2.00 bits per heavy atom. The van der Waals surface area contributed by atoms with E-state index in [1.807, 2.05) is 49.2 Å². The van der Waals surface area contributed by atoms with Gasteiger partial charge in [-0.3, -0.25) is 0 Å². The van der Waals surface area contributed by atoms with Crippen molar-refractivity contribution in [2.45, 2.75) is 20.4 Å². The first kappa shape index (κ1) is 14.3. The van der Waals surface area contributed by atoms with Crippen LogP contribution in [0, 0.1) is 13.8 Å². The van der Waals surface area contributed by atoms with Crippen molar-refractivity contribution in [1.82, 2.24) is 0 Å². The van der Waals surface area contributed by atoms with Gasteiger partial charge >= 0.3 is 5.97 Å². The predicted octanol–water partition coefficient (Wildman–Crippen LogP) is 3.08. The second kappa shape index (κ2) is 5.60. The van der Waals surface area contributed by atoms with Crippen LogP contribution in [-0.2, 0) is 11.3 Å². The van der Waals surface area contributed by atoms with Crippen LogP contribution in [0.1, 0.15) is 16.7 Å². The predicted molar refractivity (Wildman–Crippen MR) is 82.3 cm³/mol. The van der Waals surface area contributed by atoms with Crippen molar-refractivity contribution in [3.8, 4) is 11.5 Å². The standard InChI is InChI=1S/C17H17NO4/c1-11-12(2)15(21-10-17(19)20)8-7-14(11)18-9-13-5-3-4-6-16(13)22-18/h3-8H,9-10H2,1-2H3,(H,19,20). The van der Waals surface area contributed by atoms with Gasteiger partial charge in [-0.1, -0.05) is 18.2 Å². The normalized spacial score (nSPS) is 12.7. The summed E-state index contributed by atoms with van der Waals surface area (Å²) in [5, 5.41) is 10.6. The Kier molecular flexibility index (Phi) is 3.63. The molecule has 3 rings (SSSR count). The third-order valence-electron chi connectivity index (χ3n) is 3.82. The van der Waals surface area contributed by atoms with E-state index in [-0.39, 0.29) is 6.61 Å². The van der Waals surface area contributed by atoms with Gasteiger partial charge in [0.15, 0.2) is 12.4 Å². The Labute approximate surface area is 128 Å². The molecule has 0 atom stereocenters. The highest BCUT2D eigenvalue weighted by molar-refractivity contribution is 5.69. The minimum Gasteiger partial charge on any atom is -0.482 e. The number of hydroxylamine groups is 1. The van der Waals surface area contributed by atoms with Crippen LogP contribution in [-0.4, -0.2) is 17.7 Å². The quantitative estimate of drug-likeness (QED) is 0.940. The zero-order chi connectivity index (χ0) is 15.7. The average molecular weight is 299 g/mol. The van der Waals surface area contributed by atoms with Gasteiger partial charge in [-0.05, 0) is 43.2 Å². The number of para-hydroxylation sites is 1. The highest BCUT2D eigenvalue weighted by Gasteiger charge is 2.23. The monoisotopic (exact) mass is 299 g/mol. The van der Waals surface area contributed by atoms with E-state index in [0.29, 0.717) is 12.3 Å². The molecule has 114 valence electrons. The van der Waals surface area contributed by atoms with Crippen LogP contribution in [0.3, 0.4) is 0 Å². The smallest absolute Gasteiger partial charge is 0.341 e. The molecule has 1 aliphatic rings. The Morgan fingerprint density at radius 1 is 1.23 bits per heavy atom. The number of anilines is 1. The fourth-order valence-corrected chi connectivity index (χ4v) is 2.51. The van der Waals surface area contributed by atoms with E-state index in [4.69, 9.17) is 14.7 Å². The van der Waals surface area contributed by atoms with Gasteiger partial charge in [0.2, 0.25) is 0 Å². The molecule has 1 heterocycles. The molecule has 0 bridgehead atoms. The Hall–Kier alpha value is -2.69. The molecule has 2 aromatic rings. The van der Waals surface area contributed by atoms with Crippen molar-refractivity contribution in [2.24, 2.45) is 0 Å². The van der Waals surface area contributed by atoms with Gasteiger partial charge in [0.1, 0.15) is 5.75 Å². The number of aliphatic carboxylic acids is 1. The first-order valence-corrected chi connectivity index (χ1v) is 7.04. The molecule has 0 amide bonds. The summed E-state index contributed by atoms with van der Waals surface area (Å²) >= 11 is 0. The number of hydrogen-bond donors (Lipinski definition) is 1. The van der Waals surface area contributed by atoms with Crippen LogP contribution in [0.4, 0.5) is 5.69 Å². The molecule has 2 aromatic carbocycles. The molecule has 0 unspecified atom stereocenters. The van der Waals surface area contributed by atoms with Gasteiger partial charge in [0.25, 0.3) is 0 Å². The highest BCUT2D eigenvalue weighted by atomic mass is 16.7. The summed E-state index contributed by atoms with van der Waals surface area (Å²) in [5.74, 6) is 0.463. The molecule has 0 spiro atoms. The van der Waals surface area contributed by atoms with E-state index in [0.717, 1.165) is 28.1 Å². The fraction of sp³-hybridized carbons (Fsp3) is 0.235. The largest absolute Gasteiger partial charge is 0.482 e. The maximum Gasteiger partial charge on any atom is 0.341 e. The van der Waals surface area contributed by atoms with Gasteiger partial charge in [-0.25, -0.2) is 9.86 Å². The van der Waals surface area contributed by atoms with Crippen LogP contribution in [0.25, 0.3) is 0 Å². The summed E-state index contributed by atoms with van der Waals surface area (Å²) in [6.07, 6.45) is 0. The number of hydrogen-bond acceptors (Lipinski definition) is 4. The van der Waals surface area contributed by atoms with Crippen molar-refractivity contribution < 1.29 is 19.5 Å². The second-order valence-corrected chi connectivity index (χ2v) is 5.25. The lowest BCUT2D eigenvalue weighted by Crippen LogP contribution is -2.21. The number of carbonyl (C=O) groups is 1. The van der Waals surface area contributed by atoms with Crippen molar-refractivity contribution in [2.75, 3.05) is 11.7 Å². The van der Waals surface area contributed by atoms with E-state index in [1.165, 1.54) is 0 Å². The number of carboxylic acid groups (broad SMARTS) is 1. The van der Waals surface area contributed by atoms with Gasteiger partial charge in [0.05, 0.1) is 12.2 Å². The zero-order valence-electron chi connectivity index (χ0n) is 12.5. The van der Waals surface area contributed by atoms with Crippen molar-refractivity contribution in [1.29, 1.82) is 0 Å². The minimum absolute atomic E-state index is 0.342. The third-order valence-corrected chi connectivity index (χ3v) is 3.82. The van der Waals surface area contributed by atoms with Gasteiger partial charge in [0, 0.05) is 5.56 Å². The lowest BCUT2D eigenvalue weighted by molar-refractivity contribution is -0.139. The molecule has 0 saturated heterocycles. The Balaban J connectivity index is 1.84. The van der Waals surface area contributed by atoms with E-state index in [9.17, 15) is 4.79 Å². The molecule has 0 aliphatic carbocycles. The summed E-state index contributed by atoms with van der Waals surface area (Å²) in [6, 6.07) is 11.6. The number of fused-ring (bicyclic) bond motifs is 1. The summed E-state index contributed by atoms with van der Waals surface area (Å²) in [6.45, 7) is 4.24. The van der Waals surface area contributed by atoms with Crippen LogP contribution in [0.5, 0.6) is 11.5 Å². The maximum atomic E-state index is 10.6. The number of rotatable bonds is 4. The van der Waals surface area contributed by atoms with E-state index >= 15 is 0 Å². The number of ether oxygens (including phenoxy) is 1. The van der Waals surface area contributed by atoms with Crippen LogP contribution >= 0.6 is 0 Å². The third kappa shape index (κ3) is 2.57. The molecule has 0 fully saturated rings. The second-order valence-electron chi connectivity index (χ2n) is 5.25. The molecule has 5 heteroatoms. The fourth-order valence-electron chi connectivity index (χ4n) is 2.51. The van der Waals surface area contributed by atoms with E-state index in [1.54, 1.807) is 6.07 Å². The summed E-state index contributed by atoms with van der Waals surface area (Å²) in [5.41, 5.74) is 4.02. The highest BCUT2D eigenvalue weighted by Crippen LogP contribution is 2.36. The Bertz CT molecular complexity index is 702. The zero-order valence-corrected chi connectivity index (χ0v) is 12.5. The molecule has 1 aliphatic heterocycles. The lowest BCUT2D eigenvalue weighted by Gasteiger charge is -2.21. The maximum absolute atomic E-state index is 10.6. The molecular weight excluding hydrogens is 282 g/mol. The first-order valence-electron chi connectivity index (χ1n) is 7.04. The van der Waals surface area contributed by atoms with Crippen LogP contribution < -0.4 is 14.6 Å². The molecule has 0 radical (unpaired) electrons. The van der Waals surface area contributed by atoms with Crippen molar-refractivity contribution in [3.05, 3.63) is 53.1 Å². The molecule has 0 saturated carbocycles. The van der Waals surface area contributed by atoms with Crippen LogP contribution in [0.15, 0.2) is 36.4 Å². The molecule has 0 aromatic heterocycles. The number of carboxylic acids is 1.